The minimum absolute atomic E-state index is 0.0499. The quantitative estimate of drug-likeness (QED) is 0.270. The van der Waals surface area contributed by atoms with Crippen LogP contribution in [0.5, 0.6) is 0 Å². The summed E-state index contributed by atoms with van der Waals surface area (Å²) in [5.74, 6) is -1.51. The molecule has 2 aliphatic rings. The van der Waals surface area contributed by atoms with Crippen LogP contribution < -0.4 is 4.90 Å². The lowest BCUT2D eigenvalue weighted by Gasteiger charge is -2.42. The first-order valence-electron chi connectivity index (χ1n) is 12.9. The zero-order valence-corrected chi connectivity index (χ0v) is 22.5. The van der Waals surface area contributed by atoms with Gasteiger partial charge in [-0.25, -0.2) is 22.8 Å². The molecule has 0 N–H and O–H groups in total. The summed E-state index contributed by atoms with van der Waals surface area (Å²) >= 11 is 1.73. The Balaban J connectivity index is 1.53. The van der Waals surface area contributed by atoms with E-state index in [0.717, 1.165) is 33.0 Å². The van der Waals surface area contributed by atoms with Crippen molar-refractivity contribution in [1.29, 1.82) is 0 Å². The van der Waals surface area contributed by atoms with Crippen LogP contribution in [0.3, 0.4) is 0 Å². The summed E-state index contributed by atoms with van der Waals surface area (Å²) in [7, 11) is 1.60. The summed E-state index contributed by atoms with van der Waals surface area (Å²) in [6, 6.07) is 0.714. The van der Waals surface area contributed by atoms with E-state index in [1.807, 2.05) is 0 Å². The molecule has 1 aliphatic carbocycles. The van der Waals surface area contributed by atoms with E-state index >= 15 is 4.39 Å². The van der Waals surface area contributed by atoms with Crippen LogP contribution >= 0.6 is 11.9 Å². The number of halogens is 5. The van der Waals surface area contributed by atoms with Gasteiger partial charge in [0.1, 0.15) is 17.3 Å². The molecule has 3 aromatic rings. The number of rotatable bonds is 5. The lowest BCUT2D eigenvalue weighted by atomic mass is 9.84. The number of nitrogens with zero attached hydrogens (tertiary/aromatic N) is 6. The summed E-state index contributed by atoms with van der Waals surface area (Å²) in [4.78, 5) is 11.6. The zero-order chi connectivity index (χ0) is 27.2. The van der Waals surface area contributed by atoms with Crippen LogP contribution in [0.2, 0.25) is 0 Å². The van der Waals surface area contributed by atoms with Crippen molar-refractivity contribution in [3.8, 4) is 11.3 Å². The van der Waals surface area contributed by atoms with Crippen LogP contribution in [-0.2, 0) is 13.2 Å². The molecule has 38 heavy (non-hydrogen) atoms. The first-order valence-corrected chi connectivity index (χ1v) is 14.1. The smallest absolute Gasteiger partial charge is 0.335 e. The van der Waals surface area contributed by atoms with Gasteiger partial charge in [-0.3, -0.25) is 0 Å². The molecule has 0 radical (unpaired) electrons. The largest absolute Gasteiger partial charge is 0.419 e. The highest BCUT2D eigenvalue weighted by Gasteiger charge is 2.37. The minimum atomic E-state index is -4.97. The molecule has 0 amide bonds. The Morgan fingerprint density at radius 2 is 1.82 bits per heavy atom. The third kappa shape index (κ3) is 5.09. The van der Waals surface area contributed by atoms with E-state index in [-0.39, 0.29) is 11.7 Å². The van der Waals surface area contributed by atoms with Gasteiger partial charge in [0.05, 0.1) is 10.9 Å². The van der Waals surface area contributed by atoms with E-state index in [1.165, 1.54) is 43.0 Å². The van der Waals surface area contributed by atoms with Gasteiger partial charge >= 0.3 is 6.18 Å². The molecule has 2 fully saturated rings. The Labute approximate surface area is 222 Å². The molecule has 1 aromatic carbocycles. The van der Waals surface area contributed by atoms with Crippen molar-refractivity contribution < 1.29 is 22.0 Å². The van der Waals surface area contributed by atoms with Crippen LogP contribution in [-0.4, -0.2) is 56.0 Å². The molecule has 206 valence electrons. The van der Waals surface area contributed by atoms with E-state index < -0.39 is 34.5 Å². The molecular formula is C26H31F5N6S. The van der Waals surface area contributed by atoms with Gasteiger partial charge in [0.2, 0.25) is 5.95 Å². The van der Waals surface area contributed by atoms with E-state index in [1.54, 1.807) is 19.0 Å². The van der Waals surface area contributed by atoms with Gasteiger partial charge in [-0.15, -0.1) is 0 Å². The Morgan fingerprint density at radius 3 is 2.50 bits per heavy atom. The monoisotopic (exact) mass is 554 g/mol. The number of alkyl halides is 3. The van der Waals surface area contributed by atoms with Crippen LogP contribution in [0.1, 0.15) is 49.7 Å². The molecule has 0 bridgehead atoms. The Bertz CT molecular complexity index is 1320. The number of hydrogen-bond donors (Lipinski definition) is 0. The van der Waals surface area contributed by atoms with Crippen molar-refractivity contribution in [2.24, 2.45) is 13.0 Å². The highest BCUT2D eigenvalue weighted by Crippen LogP contribution is 2.39. The number of fused-ring (bicyclic) bond motifs is 1. The number of anilines is 1. The molecule has 1 atom stereocenters. The Kier molecular flexibility index (Phi) is 7.56. The number of piperazine rings is 1. The highest BCUT2D eigenvalue weighted by molar-refractivity contribution is 7.96. The van der Waals surface area contributed by atoms with Crippen molar-refractivity contribution in [1.82, 2.24) is 24.1 Å². The van der Waals surface area contributed by atoms with Gasteiger partial charge in [-0.1, -0.05) is 44.1 Å². The molecule has 6 nitrogen and oxygen atoms in total. The number of hydrogen-bond acceptors (Lipinski definition) is 6. The number of benzene rings is 1. The van der Waals surface area contributed by atoms with Crippen LogP contribution in [0.4, 0.5) is 27.9 Å². The van der Waals surface area contributed by atoms with Gasteiger partial charge in [0.25, 0.3) is 0 Å². The fourth-order valence-corrected chi connectivity index (χ4v) is 6.37. The first-order chi connectivity index (χ1) is 18.1. The van der Waals surface area contributed by atoms with Crippen molar-refractivity contribution in [3.05, 3.63) is 35.0 Å². The summed E-state index contributed by atoms with van der Waals surface area (Å²) in [6.07, 6.45) is 5.93. The fraction of sp³-hybridized carbons (Fsp3) is 0.577. The van der Waals surface area contributed by atoms with Gasteiger partial charge in [-0.2, -0.15) is 23.3 Å². The lowest BCUT2D eigenvalue weighted by molar-refractivity contribution is -0.140. The second kappa shape index (κ2) is 10.6. The summed E-state index contributed by atoms with van der Waals surface area (Å²) in [5, 5.41) is 4.60. The molecule has 1 saturated carbocycles. The molecule has 1 saturated heterocycles. The summed E-state index contributed by atoms with van der Waals surface area (Å²) < 4.78 is 73.5. The average Bonchev–Trinajstić information content (AvgIpc) is 3.22. The molecule has 3 heterocycles. The molecule has 1 unspecified atom stereocenters. The Hall–Kier alpha value is -2.47. The Morgan fingerprint density at radius 1 is 1.08 bits per heavy atom. The molecule has 12 heteroatoms. The molecule has 5 rings (SSSR count). The van der Waals surface area contributed by atoms with Crippen molar-refractivity contribution in [2.45, 2.75) is 57.7 Å². The topological polar surface area (TPSA) is 50.1 Å². The van der Waals surface area contributed by atoms with Crippen molar-refractivity contribution >= 4 is 28.9 Å². The molecule has 2 aromatic heterocycles. The van der Waals surface area contributed by atoms with Gasteiger partial charge in [0, 0.05) is 50.0 Å². The van der Waals surface area contributed by atoms with E-state index in [9.17, 15) is 17.6 Å². The predicted molar refractivity (Wildman–Crippen MR) is 139 cm³/mol. The van der Waals surface area contributed by atoms with Crippen molar-refractivity contribution in [3.63, 3.8) is 0 Å². The predicted octanol–water partition coefficient (Wildman–Crippen LogP) is 6.37. The van der Waals surface area contributed by atoms with Crippen LogP contribution in [0.25, 0.3) is 22.3 Å². The average molecular weight is 555 g/mol. The SMILES string of the molecule is CSN1CCN(c2ncc3c(-c4cc(C(F)(F)F)c(F)c(C)c4F)nn(C)c3n2)C(CC2CCCCC2)C1. The van der Waals surface area contributed by atoms with Crippen molar-refractivity contribution in [2.75, 3.05) is 30.8 Å². The van der Waals surface area contributed by atoms with E-state index in [0.29, 0.717) is 29.0 Å². The van der Waals surface area contributed by atoms with Gasteiger partial charge in [-0.05, 0) is 31.6 Å². The molecule has 1 aliphatic heterocycles. The maximum Gasteiger partial charge on any atom is 0.419 e. The number of aryl methyl sites for hydroxylation is 1. The minimum Gasteiger partial charge on any atom is -0.335 e. The third-order valence-corrected chi connectivity index (χ3v) is 8.69. The standard InChI is InChI=1S/C26H31F5N6S/c1-15-21(27)18(12-20(22(15)28)26(29,30)31)23-19-13-32-25(33-24(19)35(2)34-23)37-10-9-36(38-3)14-17(37)11-16-7-5-4-6-8-16/h12-13,16-17H,4-11,14H2,1-3H3. The van der Waals surface area contributed by atoms with Crippen LogP contribution in [0.15, 0.2) is 12.3 Å². The normalized spacial score (nSPS) is 20.0. The summed E-state index contributed by atoms with van der Waals surface area (Å²) in [5.41, 5.74) is -2.33. The fourth-order valence-electron chi connectivity index (χ4n) is 5.78. The second-order valence-corrected chi connectivity index (χ2v) is 11.1. The zero-order valence-electron chi connectivity index (χ0n) is 21.7. The maximum absolute atomic E-state index is 15.1. The first kappa shape index (κ1) is 27.1. The summed E-state index contributed by atoms with van der Waals surface area (Å²) in [6.45, 7) is 3.47. The lowest BCUT2D eigenvalue weighted by Crippen LogP contribution is -2.52. The number of aromatic nitrogens is 4. The highest BCUT2D eigenvalue weighted by atomic mass is 32.2. The second-order valence-electron chi connectivity index (χ2n) is 10.3. The molecular weight excluding hydrogens is 523 g/mol. The van der Waals surface area contributed by atoms with Crippen LogP contribution in [0, 0.1) is 24.5 Å². The maximum atomic E-state index is 15.1. The third-order valence-electron chi connectivity index (χ3n) is 7.84. The van der Waals surface area contributed by atoms with Gasteiger partial charge in [0.15, 0.2) is 5.65 Å². The van der Waals surface area contributed by atoms with Gasteiger partial charge < -0.3 is 4.90 Å². The van der Waals surface area contributed by atoms with E-state index in [4.69, 9.17) is 4.98 Å². The molecule has 0 spiro atoms. The van der Waals surface area contributed by atoms with E-state index in [2.05, 4.69) is 25.5 Å².